The molecule has 0 radical (unpaired) electrons. The summed E-state index contributed by atoms with van der Waals surface area (Å²) in [5.74, 6) is 0.371. The van der Waals surface area contributed by atoms with Gasteiger partial charge in [0.15, 0.2) is 0 Å². The standard InChI is InChI=1S/C33H41ClN2O5S/c1-21-5-4-7-30(37)28-14-11-25(28)19-36-16-3-2-6-23-17-27(34)13-10-26(23)20-41-31-15-12-24(18-29(31)36)33(38)35-42(39,40)32(21)22-8-9-22/h4,7,10,12-13,15,17-18,21-22,25,28,30,32,37H,2-3,5-6,8-9,11,14,16,19-20H2,1H3,(H,35,38)/b7-4+/t21-,25+,28-,30+,32-/m1/s1. The van der Waals surface area contributed by atoms with Crippen molar-refractivity contribution in [3.63, 3.8) is 0 Å². The van der Waals surface area contributed by atoms with Gasteiger partial charge in [0.25, 0.3) is 5.91 Å². The maximum absolute atomic E-state index is 13.6. The number of rotatable bonds is 1. The summed E-state index contributed by atoms with van der Waals surface area (Å²) in [5, 5.41) is 11.2. The van der Waals surface area contributed by atoms with E-state index in [1.54, 1.807) is 18.2 Å². The van der Waals surface area contributed by atoms with Crippen LogP contribution in [-0.2, 0) is 23.1 Å². The fraction of sp³-hybridized carbons (Fsp3) is 0.545. The Balaban J connectivity index is 1.38. The Bertz CT molecular complexity index is 1460. The van der Waals surface area contributed by atoms with Crippen molar-refractivity contribution < 1.29 is 23.1 Å². The van der Waals surface area contributed by atoms with Crippen LogP contribution in [-0.4, -0.2) is 43.9 Å². The second kappa shape index (κ2) is 12.2. The van der Waals surface area contributed by atoms with E-state index in [-0.39, 0.29) is 17.8 Å². The third kappa shape index (κ3) is 6.36. The summed E-state index contributed by atoms with van der Waals surface area (Å²) < 4.78 is 36.0. The molecule has 9 heteroatoms. The van der Waals surface area contributed by atoms with Gasteiger partial charge in [-0.1, -0.05) is 36.7 Å². The van der Waals surface area contributed by atoms with Crippen molar-refractivity contribution >= 4 is 33.2 Å². The molecular weight excluding hydrogens is 572 g/mol. The molecule has 0 spiro atoms. The summed E-state index contributed by atoms with van der Waals surface area (Å²) in [5.41, 5.74) is 3.34. The van der Waals surface area contributed by atoms with Crippen LogP contribution in [0.4, 0.5) is 5.69 Å². The minimum absolute atomic E-state index is 0.0487. The number of anilines is 1. The third-order valence-corrected chi connectivity index (χ3v) is 12.0. The van der Waals surface area contributed by atoms with E-state index < -0.39 is 27.3 Å². The summed E-state index contributed by atoms with van der Waals surface area (Å²) in [7, 11) is -3.91. The lowest BCUT2D eigenvalue weighted by atomic mass is 9.70. The fourth-order valence-corrected chi connectivity index (χ4v) is 9.26. The predicted octanol–water partition coefficient (Wildman–Crippen LogP) is 5.88. The summed E-state index contributed by atoms with van der Waals surface area (Å²) in [6.45, 7) is 3.78. The monoisotopic (exact) mass is 612 g/mol. The van der Waals surface area contributed by atoms with Crippen molar-refractivity contribution in [2.45, 2.75) is 76.3 Å². The van der Waals surface area contributed by atoms with Gasteiger partial charge in [0.2, 0.25) is 10.0 Å². The van der Waals surface area contributed by atoms with E-state index in [0.717, 1.165) is 69.3 Å². The molecule has 2 N–H and O–H groups in total. The molecule has 5 atom stereocenters. The first kappa shape index (κ1) is 29.5. The van der Waals surface area contributed by atoms with Crippen molar-refractivity contribution in [3.05, 3.63) is 70.3 Å². The first-order valence-corrected chi connectivity index (χ1v) is 17.3. The zero-order valence-corrected chi connectivity index (χ0v) is 25.7. The first-order valence-electron chi connectivity index (χ1n) is 15.4. The van der Waals surface area contributed by atoms with Crippen molar-refractivity contribution in [2.24, 2.45) is 23.7 Å². The van der Waals surface area contributed by atoms with E-state index >= 15 is 0 Å². The molecule has 0 saturated heterocycles. The summed E-state index contributed by atoms with van der Waals surface area (Å²) in [6, 6.07) is 11.1. The maximum Gasteiger partial charge on any atom is 0.264 e. The number of carbonyl (C=O) groups excluding carboxylic acids is 1. The van der Waals surface area contributed by atoms with Gasteiger partial charge in [-0.25, -0.2) is 13.1 Å². The number of hydrogen-bond acceptors (Lipinski definition) is 6. The molecule has 0 unspecified atom stereocenters. The van der Waals surface area contributed by atoms with E-state index in [2.05, 4.69) is 9.62 Å². The van der Waals surface area contributed by atoms with E-state index in [1.807, 2.05) is 37.3 Å². The number of sulfonamides is 1. The van der Waals surface area contributed by atoms with E-state index in [0.29, 0.717) is 35.3 Å². The second-order valence-electron chi connectivity index (χ2n) is 12.7. The third-order valence-electron chi connectivity index (χ3n) is 9.69. The van der Waals surface area contributed by atoms with Crippen LogP contribution in [0.1, 0.15) is 73.4 Å². The number of halogens is 1. The molecule has 2 bridgehead atoms. The number of amides is 1. The van der Waals surface area contributed by atoms with Crippen LogP contribution < -0.4 is 14.4 Å². The number of nitrogens with zero attached hydrogens (tertiary/aromatic N) is 1. The first-order chi connectivity index (χ1) is 20.2. The van der Waals surface area contributed by atoms with E-state index in [4.69, 9.17) is 16.3 Å². The summed E-state index contributed by atoms with van der Waals surface area (Å²) in [4.78, 5) is 15.8. The van der Waals surface area contributed by atoms with Gasteiger partial charge in [0.1, 0.15) is 12.4 Å². The molecule has 2 fully saturated rings. The molecule has 7 nitrogen and oxygen atoms in total. The van der Waals surface area contributed by atoms with Gasteiger partial charge in [-0.3, -0.25) is 4.79 Å². The van der Waals surface area contributed by atoms with Crippen LogP contribution >= 0.6 is 11.6 Å². The lowest BCUT2D eigenvalue weighted by Crippen LogP contribution is -2.44. The Morgan fingerprint density at radius 2 is 1.83 bits per heavy atom. The second-order valence-corrected chi connectivity index (χ2v) is 15.0. The molecule has 4 aliphatic rings. The number of fused-ring (bicyclic) bond motifs is 3. The number of carbonyl (C=O) groups is 1. The number of aliphatic hydroxyl groups is 1. The molecule has 2 saturated carbocycles. The van der Waals surface area contributed by atoms with Crippen molar-refractivity contribution in [1.29, 1.82) is 0 Å². The largest absolute Gasteiger partial charge is 0.487 e. The SMILES string of the molecule is C[C@@H]1C/C=C/[C@H](O)[C@@H]2CC[C@H]2CN2CCCCc3cc(Cl)ccc3COc3ccc(cc32)C(=O)NS(=O)(=O)[C@H]1C1CC1. The topological polar surface area (TPSA) is 95.9 Å². The number of benzene rings is 2. The molecule has 2 aromatic carbocycles. The molecule has 2 heterocycles. The van der Waals surface area contributed by atoms with Crippen LogP contribution in [0.15, 0.2) is 48.6 Å². The fourth-order valence-electron chi connectivity index (χ4n) is 7.05. The van der Waals surface area contributed by atoms with Crippen molar-refractivity contribution in [1.82, 2.24) is 4.72 Å². The minimum atomic E-state index is -3.91. The van der Waals surface area contributed by atoms with Gasteiger partial charge in [0.05, 0.1) is 17.0 Å². The predicted molar refractivity (Wildman–Crippen MR) is 165 cm³/mol. The normalized spacial score (nSPS) is 30.8. The maximum atomic E-state index is 13.6. The highest BCUT2D eigenvalue weighted by Crippen LogP contribution is 2.42. The van der Waals surface area contributed by atoms with Crippen molar-refractivity contribution in [2.75, 3.05) is 18.0 Å². The van der Waals surface area contributed by atoms with Gasteiger partial charge in [-0.2, -0.15) is 0 Å². The molecule has 2 aromatic rings. The Morgan fingerprint density at radius 3 is 2.60 bits per heavy atom. The highest BCUT2D eigenvalue weighted by Gasteiger charge is 2.44. The summed E-state index contributed by atoms with van der Waals surface area (Å²) in [6.07, 6.45) is 10.3. The van der Waals surface area contributed by atoms with Gasteiger partial charge in [-0.15, -0.1) is 0 Å². The molecule has 2 aliphatic heterocycles. The van der Waals surface area contributed by atoms with Crippen LogP contribution in [0.5, 0.6) is 5.75 Å². The highest BCUT2D eigenvalue weighted by atomic mass is 35.5. The van der Waals surface area contributed by atoms with Crippen LogP contribution in [0, 0.1) is 23.7 Å². The van der Waals surface area contributed by atoms with Crippen LogP contribution in [0.2, 0.25) is 5.02 Å². The number of aliphatic hydroxyl groups excluding tert-OH is 1. The number of nitrogens with one attached hydrogen (secondary N) is 1. The molecule has 1 amide bonds. The van der Waals surface area contributed by atoms with E-state index in [9.17, 15) is 18.3 Å². The Morgan fingerprint density at radius 1 is 1.02 bits per heavy atom. The molecule has 42 heavy (non-hydrogen) atoms. The summed E-state index contributed by atoms with van der Waals surface area (Å²) >= 11 is 6.31. The zero-order valence-electron chi connectivity index (χ0n) is 24.2. The Kier molecular flexibility index (Phi) is 8.58. The zero-order chi connectivity index (χ0) is 29.4. The number of hydrogen-bond donors (Lipinski definition) is 2. The Hall–Kier alpha value is -2.55. The molecule has 226 valence electrons. The van der Waals surface area contributed by atoms with E-state index in [1.165, 1.54) is 5.56 Å². The average Bonchev–Trinajstić information content (AvgIpc) is 3.75. The Labute approximate surface area is 254 Å². The minimum Gasteiger partial charge on any atom is -0.487 e. The lowest BCUT2D eigenvalue weighted by molar-refractivity contribution is 0.0461. The smallest absolute Gasteiger partial charge is 0.264 e. The molecular formula is C33H41ClN2O5S. The number of allylic oxidation sites excluding steroid dienone is 1. The van der Waals surface area contributed by atoms with Crippen LogP contribution in [0.25, 0.3) is 0 Å². The molecule has 6 rings (SSSR count). The highest BCUT2D eigenvalue weighted by molar-refractivity contribution is 7.90. The average molecular weight is 613 g/mol. The number of aryl methyl sites for hydroxylation is 1. The lowest BCUT2D eigenvalue weighted by Gasteiger charge is -2.42. The number of ether oxygens (including phenoxy) is 1. The molecule has 2 aliphatic carbocycles. The van der Waals surface area contributed by atoms with Gasteiger partial charge < -0.3 is 14.7 Å². The van der Waals surface area contributed by atoms with Gasteiger partial charge in [0, 0.05) is 23.7 Å². The molecule has 0 aromatic heterocycles. The van der Waals surface area contributed by atoms with Crippen LogP contribution in [0.3, 0.4) is 0 Å². The van der Waals surface area contributed by atoms with Gasteiger partial charge >= 0.3 is 0 Å². The van der Waals surface area contributed by atoms with Gasteiger partial charge in [-0.05, 0) is 116 Å². The quantitative estimate of drug-likeness (QED) is 0.390. The van der Waals surface area contributed by atoms with Crippen molar-refractivity contribution in [3.8, 4) is 5.75 Å².